The average molecular weight is 410 g/mol. The first kappa shape index (κ1) is 17.6. The fourth-order valence-corrected chi connectivity index (χ4v) is 4.76. The van der Waals surface area contributed by atoms with Gasteiger partial charge in [0, 0.05) is 22.9 Å². The van der Waals surface area contributed by atoms with E-state index in [9.17, 15) is 0 Å². The zero-order valence-corrected chi connectivity index (χ0v) is 17.0. The number of hydrogen-bond donors (Lipinski definition) is 0. The van der Waals surface area contributed by atoms with Crippen LogP contribution in [0.1, 0.15) is 47.6 Å². The fourth-order valence-electron chi connectivity index (χ4n) is 3.09. The van der Waals surface area contributed by atoms with E-state index < -0.39 is 0 Å². The van der Waals surface area contributed by atoms with Crippen LogP contribution in [0.15, 0.2) is 57.5 Å². The molecule has 6 nitrogen and oxygen atoms in total. The highest BCUT2D eigenvalue weighted by molar-refractivity contribution is 7.99. The van der Waals surface area contributed by atoms with Crippen LogP contribution in [0.4, 0.5) is 0 Å². The molecule has 8 heteroatoms. The lowest BCUT2D eigenvalue weighted by atomic mass is 10.2. The summed E-state index contributed by atoms with van der Waals surface area (Å²) in [7, 11) is 0. The van der Waals surface area contributed by atoms with Crippen molar-refractivity contribution in [2.75, 3.05) is 0 Å². The highest BCUT2D eigenvalue weighted by Gasteiger charge is 2.31. The van der Waals surface area contributed by atoms with Gasteiger partial charge in [0.05, 0.1) is 5.25 Å². The molecule has 1 aliphatic carbocycles. The number of hydrogen-bond acceptors (Lipinski definition) is 7. The Morgan fingerprint density at radius 1 is 1.18 bits per heavy atom. The minimum atomic E-state index is 0.00116. The molecule has 1 aliphatic rings. The monoisotopic (exact) mass is 409 g/mol. The third-order valence-corrected chi connectivity index (χ3v) is 6.58. The molecule has 1 aromatic carbocycles. The van der Waals surface area contributed by atoms with E-state index in [0.717, 1.165) is 23.0 Å². The lowest BCUT2D eigenvalue weighted by Crippen LogP contribution is -2.04. The number of rotatable bonds is 7. The second-order valence-corrected chi connectivity index (χ2v) is 9.18. The predicted molar refractivity (Wildman–Crippen MR) is 109 cm³/mol. The summed E-state index contributed by atoms with van der Waals surface area (Å²) in [6.45, 7) is 2.07. The predicted octanol–water partition coefficient (Wildman–Crippen LogP) is 5.17. The van der Waals surface area contributed by atoms with Gasteiger partial charge in [-0.2, -0.15) is 4.98 Å². The van der Waals surface area contributed by atoms with Crippen molar-refractivity contribution < 1.29 is 4.52 Å². The van der Waals surface area contributed by atoms with E-state index in [1.165, 1.54) is 17.7 Å². The van der Waals surface area contributed by atoms with E-state index in [2.05, 4.69) is 49.3 Å². The third kappa shape index (κ3) is 3.62. The Hall–Kier alpha value is -2.45. The van der Waals surface area contributed by atoms with E-state index in [1.54, 1.807) is 23.1 Å². The maximum absolute atomic E-state index is 5.52. The Labute approximate surface area is 171 Å². The first-order chi connectivity index (χ1) is 13.8. The van der Waals surface area contributed by atoms with Gasteiger partial charge in [-0.3, -0.25) is 0 Å². The number of thiophene rings is 1. The van der Waals surface area contributed by atoms with Crippen molar-refractivity contribution in [3.8, 4) is 11.4 Å². The fraction of sp³-hybridized carbons (Fsp3) is 0.300. The lowest BCUT2D eigenvalue weighted by Gasteiger charge is -2.10. The quantitative estimate of drug-likeness (QED) is 0.392. The van der Waals surface area contributed by atoms with Crippen LogP contribution in [-0.4, -0.2) is 24.9 Å². The van der Waals surface area contributed by atoms with Crippen LogP contribution in [-0.2, 0) is 6.42 Å². The molecular formula is C20H19N5OS2. The zero-order chi connectivity index (χ0) is 18.9. The van der Waals surface area contributed by atoms with Crippen LogP contribution >= 0.6 is 23.1 Å². The lowest BCUT2D eigenvalue weighted by molar-refractivity contribution is 0.380. The molecular weight excluding hydrogens is 390 g/mol. The van der Waals surface area contributed by atoms with Gasteiger partial charge in [0.15, 0.2) is 5.16 Å². The summed E-state index contributed by atoms with van der Waals surface area (Å²) in [6.07, 6.45) is 3.21. The molecule has 0 radical (unpaired) electrons. The molecule has 0 N–H and O–H groups in total. The van der Waals surface area contributed by atoms with Gasteiger partial charge >= 0.3 is 0 Å². The first-order valence-corrected chi connectivity index (χ1v) is 11.1. The van der Waals surface area contributed by atoms with Crippen molar-refractivity contribution in [3.63, 3.8) is 0 Å². The number of aromatic nitrogens is 5. The van der Waals surface area contributed by atoms with Gasteiger partial charge in [-0.1, -0.05) is 53.3 Å². The Balaban J connectivity index is 1.36. The van der Waals surface area contributed by atoms with Crippen molar-refractivity contribution >= 4 is 23.1 Å². The van der Waals surface area contributed by atoms with Gasteiger partial charge in [-0.15, -0.1) is 21.5 Å². The zero-order valence-electron chi connectivity index (χ0n) is 15.4. The molecule has 0 saturated heterocycles. The van der Waals surface area contributed by atoms with Crippen molar-refractivity contribution in [1.29, 1.82) is 0 Å². The maximum Gasteiger partial charge on any atom is 0.240 e. The van der Waals surface area contributed by atoms with Crippen LogP contribution in [0.3, 0.4) is 0 Å². The summed E-state index contributed by atoms with van der Waals surface area (Å²) >= 11 is 3.39. The number of benzene rings is 1. The Morgan fingerprint density at radius 2 is 2.04 bits per heavy atom. The molecule has 1 fully saturated rings. The van der Waals surface area contributed by atoms with Crippen molar-refractivity contribution in [2.45, 2.75) is 42.6 Å². The van der Waals surface area contributed by atoms with Crippen molar-refractivity contribution in [3.05, 3.63) is 64.4 Å². The van der Waals surface area contributed by atoms with E-state index >= 15 is 0 Å². The summed E-state index contributed by atoms with van der Waals surface area (Å²) in [5.41, 5.74) is 0.953. The standard InChI is InChI=1S/C20H19N5OS2/c1-13(19-21-18(24-26-19)14-6-3-2-4-7-14)28-20-23-22-17(25(20)15-9-10-15)12-16-8-5-11-27-16/h2-8,11,13,15H,9-10,12H2,1H3. The van der Waals surface area contributed by atoms with Crippen LogP contribution in [0.25, 0.3) is 11.4 Å². The topological polar surface area (TPSA) is 69.6 Å². The second-order valence-electron chi connectivity index (χ2n) is 6.84. The molecule has 1 unspecified atom stereocenters. The molecule has 1 atom stereocenters. The normalized spacial score (nSPS) is 15.0. The molecule has 0 aliphatic heterocycles. The molecule has 3 heterocycles. The molecule has 1 saturated carbocycles. The van der Waals surface area contributed by atoms with Gasteiger partial charge < -0.3 is 9.09 Å². The highest BCUT2D eigenvalue weighted by Crippen LogP contribution is 2.42. The molecule has 5 rings (SSSR count). The largest absolute Gasteiger partial charge is 0.338 e. The molecule has 0 amide bonds. The van der Waals surface area contributed by atoms with E-state index in [4.69, 9.17) is 4.52 Å². The third-order valence-electron chi connectivity index (χ3n) is 4.66. The van der Waals surface area contributed by atoms with Gasteiger partial charge in [0.2, 0.25) is 11.7 Å². The van der Waals surface area contributed by atoms with Gasteiger partial charge in [0.25, 0.3) is 0 Å². The number of nitrogens with zero attached hydrogens (tertiary/aromatic N) is 5. The van der Waals surface area contributed by atoms with Crippen LogP contribution in [0, 0.1) is 0 Å². The minimum Gasteiger partial charge on any atom is -0.338 e. The van der Waals surface area contributed by atoms with Gasteiger partial charge in [-0.25, -0.2) is 0 Å². The summed E-state index contributed by atoms with van der Waals surface area (Å²) in [4.78, 5) is 5.89. The van der Waals surface area contributed by atoms with E-state index in [1.807, 2.05) is 30.3 Å². The second kappa shape index (κ2) is 7.52. The molecule has 0 bridgehead atoms. The minimum absolute atomic E-state index is 0.00116. The highest BCUT2D eigenvalue weighted by atomic mass is 32.2. The maximum atomic E-state index is 5.52. The molecule has 3 aromatic heterocycles. The van der Waals surface area contributed by atoms with Gasteiger partial charge in [-0.05, 0) is 31.2 Å². The van der Waals surface area contributed by atoms with Crippen LogP contribution < -0.4 is 0 Å². The first-order valence-electron chi connectivity index (χ1n) is 9.30. The Bertz CT molecular complexity index is 1050. The van der Waals surface area contributed by atoms with Crippen molar-refractivity contribution in [2.24, 2.45) is 0 Å². The Morgan fingerprint density at radius 3 is 2.79 bits per heavy atom. The molecule has 142 valence electrons. The van der Waals surface area contributed by atoms with Gasteiger partial charge in [0.1, 0.15) is 5.82 Å². The molecule has 0 spiro atoms. The van der Waals surface area contributed by atoms with Crippen LogP contribution in [0.2, 0.25) is 0 Å². The average Bonchev–Trinajstić information content (AvgIpc) is 3.13. The summed E-state index contributed by atoms with van der Waals surface area (Å²) < 4.78 is 7.82. The Kier molecular flexibility index (Phi) is 4.74. The molecule has 28 heavy (non-hydrogen) atoms. The summed E-state index contributed by atoms with van der Waals surface area (Å²) in [5, 5.41) is 16.1. The molecule has 4 aromatic rings. The smallest absolute Gasteiger partial charge is 0.240 e. The van der Waals surface area contributed by atoms with E-state index in [0.29, 0.717) is 17.8 Å². The number of thioether (sulfide) groups is 1. The summed E-state index contributed by atoms with van der Waals surface area (Å²) in [6, 6.07) is 14.6. The van der Waals surface area contributed by atoms with E-state index in [-0.39, 0.29) is 5.25 Å². The summed E-state index contributed by atoms with van der Waals surface area (Å²) in [5.74, 6) is 2.26. The van der Waals surface area contributed by atoms with Crippen molar-refractivity contribution in [1.82, 2.24) is 24.9 Å². The SMILES string of the molecule is CC(Sc1nnc(Cc2cccs2)n1C1CC1)c1nc(-c2ccccc2)no1. The van der Waals surface area contributed by atoms with Crippen LogP contribution in [0.5, 0.6) is 0 Å².